The second-order valence-electron chi connectivity index (χ2n) is 4.88. The average molecular weight is 241 g/mol. The molecule has 0 unspecified atom stereocenters. The summed E-state index contributed by atoms with van der Waals surface area (Å²) in [6.07, 6.45) is -1.18. The molecule has 1 fully saturated rings. The first-order chi connectivity index (χ1) is 6.57. The SMILES string of the molecule is C[C@@H](O)[C@H]1N([S@@+]([O-])C(C)(C)C)CC1(F)F. The van der Waals surface area contributed by atoms with Crippen LogP contribution in [0.1, 0.15) is 27.7 Å². The van der Waals surface area contributed by atoms with Crippen LogP contribution in [-0.2, 0) is 11.4 Å². The van der Waals surface area contributed by atoms with Crippen molar-refractivity contribution in [1.29, 1.82) is 0 Å². The van der Waals surface area contributed by atoms with Crippen molar-refractivity contribution in [1.82, 2.24) is 4.31 Å². The van der Waals surface area contributed by atoms with Gasteiger partial charge in [0.05, 0.1) is 6.10 Å². The molecule has 1 N–H and O–H groups in total. The Morgan fingerprint density at radius 3 is 2.27 bits per heavy atom. The van der Waals surface area contributed by atoms with Crippen molar-refractivity contribution in [3.63, 3.8) is 0 Å². The third-order valence-corrected chi connectivity index (χ3v) is 4.13. The summed E-state index contributed by atoms with van der Waals surface area (Å²) in [5.74, 6) is -2.94. The Bertz CT molecular complexity index is 243. The molecule has 0 aromatic carbocycles. The van der Waals surface area contributed by atoms with E-state index in [0.29, 0.717) is 0 Å². The summed E-state index contributed by atoms with van der Waals surface area (Å²) >= 11 is -1.50. The van der Waals surface area contributed by atoms with Crippen molar-refractivity contribution < 1.29 is 18.4 Å². The molecule has 1 aliphatic rings. The molecule has 0 bridgehead atoms. The zero-order valence-corrected chi connectivity index (χ0v) is 10.1. The fourth-order valence-electron chi connectivity index (χ4n) is 1.60. The molecular weight excluding hydrogens is 224 g/mol. The highest BCUT2D eigenvalue weighted by atomic mass is 32.2. The van der Waals surface area contributed by atoms with E-state index in [0.717, 1.165) is 0 Å². The zero-order chi connectivity index (χ0) is 12.0. The lowest BCUT2D eigenvalue weighted by Crippen LogP contribution is -2.72. The normalized spacial score (nSPS) is 30.8. The summed E-state index contributed by atoms with van der Waals surface area (Å²) in [5.41, 5.74) is 0. The van der Waals surface area contributed by atoms with Crippen LogP contribution < -0.4 is 0 Å². The Morgan fingerprint density at radius 1 is 1.53 bits per heavy atom. The third-order valence-electron chi connectivity index (χ3n) is 2.30. The molecule has 1 aliphatic heterocycles. The van der Waals surface area contributed by atoms with Gasteiger partial charge in [-0.25, -0.2) is 8.78 Å². The maximum absolute atomic E-state index is 13.1. The van der Waals surface area contributed by atoms with Crippen LogP contribution in [0.3, 0.4) is 0 Å². The molecule has 0 amide bonds. The topological polar surface area (TPSA) is 46.5 Å². The quantitative estimate of drug-likeness (QED) is 0.738. The van der Waals surface area contributed by atoms with Crippen molar-refractivity contribution >= 4 is 11.4 Å². The number of alkyl halides is 2. The lowest BCUT2D eigenvalue weighted by atomic mass is 9.97. The molecular formula is C9H17F2NO2S. The molecule has 3 nitrogen and oxygen atoms in total. The van der Waals surface area contributed by atoms with Crippen LogP contribution in [0.25, 0.3) is 0 Å². The van der Waals surface area contributed by atoms with Crippen LogP contribution in [0.5, 0.6) is 0 Å². The molecule has 0 radical (unpaired) electrons. The van der Waals surface area contributed by atoms with Gasteiger partial charge in [-0.05, 0) is 27.7 Å². The van der Waals surface area contributed by atoms with E-state index in [-0.39, 0.29) is 0 Å². The first-order valence-electron chi connectivity index (χ1n) is 4.82. The van der Waals surface area contributed by atoms with Crippen molar-refractivity contribution in [2.75, 3.05) is 6.54 Å². The Morgan fingerprint density at radius 2 is 2.00 bits per heavy atom. The molecule has 1 rings (SSSR count). The van der Waals surface area contributed by atoms with Gasteiger partial charge in [0, 0.05) is 11.4 Å². The number of nitrogens with zero attached hydrogens (tertiary/aromatic N) is 1. The van der Waals surface area contributed by atoms with Crippen LogP contribution >= 0.6 is 0 Å². The van der Waals surface area contributed by atoms with Crippen molar-refractivity contribution in [2.45, 2.75) is 50.5 Å². The van der Waals surface area contributed by atoms with Gasteiger partial charge < -0.3 is 9.66 Å². The Labute approximate surface area is 91.8 Å². The average Bonchev–Trinajstić information content (AvgIpc) is 1.95. The highest BCUT2D eigenvalue weighted by Gasteiger charge is 2.63. The van der Waals surface area contributed by atoms with Gasteiger partial charge in [-0.2, -0.15) is 0 Å². The molecule has 15 heavy (non-hydrogen) atoms. The van der Waals surface area contributed by atoms with E-state index < -0.39 is 40.7 Å². The van der Waals surface area contributed by atoms with Crippen molar-refractivity contribution in [3.8, 4) is 0 Å². The van der Waals surface area contributed by atoms with E-state index in [4.69, 9.17) is 0 Å². The van der Waals surface area contributed by atoms with Gasteiger partial charge in [-0.15, -0.1) is 4.31 Å². The highest BCUT2D eigenvalue weighted by molar-refractivity contribution is 7.90. The number of rotatable bonds is 2. The van der Waals surface area contributed by atoms with Crippen LogP contribution in [0.4, 0.5) is 8.78 Å². The van der Waals surface area contributed by atoms with Gasteiger partial charge in [-0.1, -0.05) is 0 Å². The summed E-state index contributed by atoms with van der Waals surface area (Å²) in [6, 6.07) is -1.32. The third kappa shape index (κ3) is 2.43. The van der Waals surface area contributed by atoms with E-state index in [9.17, 15) is 18.4 Å². The minimum Gasteiger partial charge on any atom is -0.597 e. The van der Waals surface area contributed by atoms with Crippen molar-refractivity contribution in [3.05, 3.63) is 0 Å². The summed E-state index contributed by atoms with van der Waals surface area (Å²) in [5, 5.41) is 9.24. The first-order valence-corrected chi connectivity index (χ1v) is 5.92. The molecule has 3 atom stereocenters. The van der Waals surface area contributed by atoms with Crippen molar-refractivity contribution in [2.24, 2.45) is 0 Å². The fraction of sp³-hybridized carbons (Fsp3) is 1.00. The lowest BCUT2D eigenvalue weighted by Gasteiger charge is -2.49. The molecule has 90 valence electrons. The Balaban J connectivity index is 2.75. The van der Waals surface area contributed by atoms with Gasteiger partial charge in [-0.3, -0.25) is 0 Å². The predicted octanol–water partition coefficient (Wildman–Crippen LogP) is 1.15. The van der Waals surface area contributed by atoms with Gasteiger partial charge >= 0.3 is 0 Å². The summed E-state index contributed by atoms with van der Waals surface area (Å²) in [6.45, 7) is 5.92. The summed E-state index contributed by atoms with van der Waals surface area (Å²) in [7, 11) is 0. The Hall–Kier alpha value is 0.0900. The minimum absolute atomic E-state index is 0.535. The van der Waals surface area contributed by atoms with E-state index >= 15 is 0 Å². The number of aliphatic hydroxyl groups excluding tert-OH is 1. The van der Waals surface area contributed by atoms with Gasteiger partial charge in [0.15, 0.2) is 0 Å². The highest BCUT2D eigenvalue weighted by Crippen LogP contribution is 2.41. The summed E-state index contributed by atoms with van der Waals surface area (Å²) < 4.78 is 38.7. The molecule has 0 spiro atoms. The minimum atomic E-state index is -2.94. The largest absolute Gasteiger partial charge is 0.597 e. The smallest absolute Gasteiger partial charge is 0.287 e. The maximum Gasteiger partial charge on any atom is 0.287 e. The van der Waals surface area contributed by atoms with E-state index in [1.165, 1.54) is 11.2 Å². The first kappa shape index (κ1) is 13.2. The second-order valence-corrected chi connectivity index (χ2v) is 7.08. The van der Waals surface area contributed by atoms with Gasteiger partial charge in [0.1, 0.15) is 17.3 Å². The molecule has 1 heterocycles. The molecule has 1 saturated heterocycles. The number of hydrogen-bond acceptors (Lipinski definition) is 3. The Kier molecular flexibility index (Phi) is 3.36. The fourth-order valence-corrected chi connectivity index (χ4v) is 3.13. The molecule has 6 heteroatoms. The summed E-state index contributed by atoms with van der Waals surface area (Å²) in [4.78, 5) is 0. The predicted molar refractivity (Wildman–Crippen MR) is 55.0 cm³/mol. The number of aliphatic hydroxyl groups is 1. The molecule has 0 aromatic rings. The van der Waals surface area contributed by atoms with Crippen LogP contribution in [0, 0.1) is 0 Å². The van der Waals surface area contributed by atoms with Crippen LogP contribution in [0.15, 0.2) is 0 Å². The van der Waals surface area contributed by atoms with E-state index in [2.05, 4.69) is 0 Å². The van der Waals surface area contributed by atoms with Gasteiger partial charge in [0.25, 0.3) is 5.92 Å². The molecule has 0 aromatic heterocycles. The maximum atomic E-state index is 13.1. The molecule has 0 aliphatic carbocycles. The van der Waals surface area contributed by atoms with Gasteiger partial charge in [0.2, 0.25) is 0 Å². The number of hydrogen-bond donors (Lipinski definition) is 1. The zero-order valence-electron chi connectivity index (χ0n) is 9.33. The second kappa shape index (κ2) is 3.84. The lowest BCUT2D eigenvalue weighted by molar-refractivity contribution is -0.178. The standard InChI is InChI=1S/C9H17F2NO2S/c1-6(13)7-9(10,11)5-12(7)15(14)8(2,3)4/h6-7,13H,5H2,1-4H3/t6-,7-,15+/m1/s1. The monoisotopic (exact) mass is 241 g/mol. The van der Waals surface area contributed by atoms with E-state index in [1.54, 1.807) is 20.8 Å². The van der Waals surface area contributed by atoms with E-state index in [1.807, 2.05) is 0 Å². The van der Waals surface area contributed by atoms with Crippen LogP contribution in [0.2, 0.25) is 0 Å². The molecule has 0 saturated carbocycles. The number of halogens is 2. The van der Waals surface area contributed by atoms with Crippen LogP contribution in [-0.4, -0.2) is 43.3 Å².